The maximum absolute atomic E-state index is 9.65. The zero-order chi connectivity index (χ0) is 16.3. The van der Waals surface area contributed by atoms with Gasteiger partial charge in [-0.3, -0.25) is 4.79 Å². The molecule has 0 aliphatic carbocycles. The summed E-state index contributed by atoms with van der Waals surface area (Å²) in [4.78, 5) is 9.65. The number of unbranched alkanes of at least 4 members (excludes halogenated alkanes) is 1. The third-order valence-electron chi connectivity index (χ3n) is 2.54. The highest BCUT2D eigenvalue weighted by Crippen LogP contribution is 1.86. The Labute approximate surface area is 128 Å². The standard InChI is InChI=1S/C10H26N4.C4H8O3/c11-5-3-9-13-7-1-2-8-14-10-4-6-12;1-3(5)2-4(6)7/h13-14H,1-12H2;3,5H,2H2,1H3,(H,6,7). The van der Waals surface area contributed by atoms with Crippen molar-refractivity contribution in [3.05, 3.63) is 0 Å². The summed E-state index contributed by atoms with van der Waals surface area (Å²) < 4.78 is 0. The number of aliphatic hydroxyl groups is 1. The number of rotatable bonds is 13. The highest BCUT2D eigenvalue weighted by atomic mass is 16.4. The maximum Gasteiger partial charge on any atom is 0.305 e. The van der Waals surface area contributed by atoms with Crippen molar-refractivity contribution in [1.29, 1.82) is 0 Å². The molecule has 0 aromatic heterocycles. The molecule has 128 valence electrons. The SMILES string of the molecule is CC(O)CC(=O)O.NCCCNCCCCNCCCN. The summed E-state index contributed by atoms with van der Waals surface area (Å²) in [5.74, 6) is -0.963. The molecule has 0 saturated heterocycles. The van der Waals surface area contributed by atoms with Gasteiger partial charge in [0.25, 0.3) is 0 Å². The van der Waals surface area contributed by atoms with E-state index in [2.05, 4.69) is 10.6 Å². The van der Waals surface area contributed by atoms with Crippen LogP contribution in [0, 0.1) is 0 Å². The second-order valence-corrected chi connectivity index (χ2v) is 4.94. The fourth-order valence-corrected chi connectivity index (χ4v) is 1.46. The Morgan fingerprint density at radius 3 is 1.57 bits per heavy atom. The van der Waals surface area contributed by atoms with Crippen LogP contribution >= 0.6 is 0 Å². The lowest BCUT2D eigenvalue weighted by molar-refractivity contribution is -0.138. The normalized spacial score (nSPS) is 11.6. The minimum atomic E-state index is -0.963. The van der Waals surface area contributed by atoms with Crippen molar-refractivity contribution in [3.63, 3.8) is 0 Å². The fraction of sp³-hybridized carbons (Fsp3) is 0.929. The third-order valence-corrected chi connectivity index (χ3v) is 2.54. The van der Waals surface area contributed by atoms with Gasteiger partial charge in [-0.25, -0.2) is 0 Å². The molecule has 0 rings (SSSR count). The molecule has 0 aliphatic heterocycles. The van der Waals surface area contributed by atoms with Gasteiger partial charge in [0.15, 0.2) is 0 Å². The van der Waals surface area contributed by atoms with Gasteiger partial charge in [-0.1, -0.05) is 0 Å². The van der Waals surface area contributed by atoms with Crippen molar-refractivity contribution in [2.45, 2.75) is 45.1 Å². The van der Waals surface area contributed by atoms with Crippen molar-refractivity contribution < 1.29 is 15.0 Å². The molecule has 0 aliphatic rings. The molecule has 0 heterocycles. The van der Waals surface area contributed by atoms with Crippen LogP contribution in [0.5, 0.6) is 0 Å². The van der Waals surface area contributed by atoms with Gasteiger partial charge < -0.3 is 32.3 Å². The number of hydrogen-bond acceptors (Lipinski definition) is 6. The molecule has 0 fully saturated rings. The first-order valence-corrected chi connectivity index (χ1v) is 7.76. The molecule has 0 amide bonds. The molecule has 0 radical (unpaired) electrons. The van der Waals surface area contributed by atoms with Crippen molar-refractivity contribution in [2.24, 2.45) is 11.5 Å². The summed E-state index contributed by atoms with van der Waals surface area (Å²) in [5, 5.41) is 23.0. The summed E-state index contributed by atoms with van der Waals surface area (Å²) in [6.45, 7) is 7.33. The third kappa shape index (κ3) is 28.2. The first-order valence-electron chi connectivity index (χ1n) is 7.76. The van der Waals surface area contributed by atoms with Gasteiger partial charge in [-0.15, -0.1) is 0 Å². The quantitative estimate of drug-likeness (QED) is 0.252. The summed E-state index contributed by atoms with van der Waals surface area (Å²) in [6.07, 6.45) is 3.74. The van der Waals surface area contributed by atoms with Crippen LogP contribution in [0.25, 0.3) is 0 Å². The van der Waals surface area contributed by atoms with Crippen LogP contribution in [0.4, 0.5) is 0 Å². The Balaban J connectivity index is 0. The van der Waals surface area contributed by atoms with E-state index in [1.165, 1.54) is 19.8 Å². The molecular formula is C14H34N4O3. The lowest BCUT2D eigenvalue weighted by atomic mass is 10.3. The molecule has 1 unspecified atom stereocenters. The van der Waals surface area contributed by atoms with Crippen LogP contribution in [0.3, 0.4) is 0 Å². The molecule has 0 aromatic carbocycles. The Hall–Kier alpha value is -0.730. The Kier molecular flexibility index (Phi) is 20.7. The fourth-order valence-electron chi connectivity index (χ4n) is 1.46. The highest BCUT2D eigenvalue weighted by molar-refractivity contribution is 5.67. The van der Waals surface area contributed by atoms with Gasteiger partial charge in [0.05, 0.1) is 12.5 Å². The molecule has 0 aromatic rings. The summed E-state index contributed by atoms with van der Waals surface area (Å²) in [5.41, 5.74) is 10.8. The predicted molar refractivity (Wildman–Crippen MR) is 86.2 cm³/mol. The number of aliphatic hydroxyl groups excluding tert-OH is 1. The smallest absolute Gasteiger partial charge is 0.305 e. The maximum atomic E-state index is 9.65. The molecule has 0 spiro atoms. The lowest BCUT2D eigenvalue weighted by Crippen LogP contribution is -2.22. The van der Waals surface area contributed by atoms with E-state index < -0.39 is 12.1 Å². The predicted octanol–water partition coefficient (Wildman–Crippen LogP) is -0.515. The van der Waals surface area contributed by atoms with Gasteiger partial charge in [0, 0.05) is 0 Å². The average molecular weight is 306 g/mol. The summed E-state index contributed by atoms with van der Waals surface area (Å²) in [7, 11) is 0. The number of nitrogens with one attached hydrogen (secondary N) is 2. The van der Waals surface area contributed by atoms with E-state index in [-0.39, 0.29) is 6.42 Å². The van der Waals surface area contributed by atoms with Gasteiger partial charge in [-0.05, 0) is 71.9 Å². The molecule has 21 heavy (non-hydrogen) atoms. The average Bonchev–Trinajstić information content (AvgIpc) is 2.40. The van der Waals surface area contributed by atoms with E-state index in [9.17, 15) is 4.79 Å². The minimum absolute atomic E-state index is 0.167. The van der Waals surface area contributed by atoms with E-state index in [0.29, 0.717) is 0 Å². The molecule has 8 N–H and O–H groups in total. The van der Waals surface area contributed by atoms with Crippen molar-refractivity contribution in [1.82, 2.24) is 10.6 Å². The Bertz CT molecular complexity index is 204. The van der Waals surface area contributed by atoms with E-state index in [0.717, 1.165) is 52.1 Å². The second kappa shape index (κ2) is 19.3. The van der Waals surface area contributed by atoms with Crippen molar-refractivity contribution in [3.8, 4) is 0 Å². The monoisotopic (exact) mass is 306 g/mol. The van der Waals surface area contributed by atoms with Crippen LogP contribution in [0.1, 0.15) is 39.0 Å². The highest BCUT2D eigenvalue weighted by Gasteiger charge is 2.00. The second-order valence-electron chi connectivity index (χ2n) is 4.94. The molecule has 1 atom stereocenters. The topological polar surface area (TPSA) is 134 Å². The van der Waals surface area contributed by atoms with E-state index >= 15 is 0 Å². The van der Waals surface area contributed by atoms with Gasteiger partial charge in [0.1, 0.15) is 0 Å². The molecule has 0 bridgehead atoms. The van der Waals surface area contributed by atoms with Crippen molar-refractivity contribution in [2.75, 3.05) is 39.3 Å². The van der Waals surface area contributed by atoms with E-state index in [4.69, 9.17) is 21.7 Å². The van der Waals surface area contributed by atoms with Crippen LogP contribution in [0.2, 0.25) is 0 Å². The number of nitrogens with two attached hydrogens (primary N) is 2. The van der Waals surface area contributed by atoms with Crippen LogP contribution in [0.15, 0.2) is 0 Å². The molecule has 7 heteroatoms. The lowest BCUT2D eigenvalue weighted by Gasteiger charge is -2.04. The molecular weight excluding hydrogens is 272 g/mol. The summed E-state index contributed by atoms with van der Waals surface area (Å²) >= 11 is 0. The number of carbonyl (C=O) groups is 1. The molecule has 0 saturated carbocycles. The zero-order valence-electron chi connectivity index (χ0n) is 13.3. The van der Waals surface area contributed by atoms with Crippen LogP contribution in [-0.4, -0.2) is 61.6 Å². The number of carboxylic acid groups (broad SMARTS) is 1. The number of hydrogen-bond donors (Lipinski definition) is 6. The largest absolute Gasteiger partial charge is 0.481 e. The van der Waals surface area contributed by atoms with Crippen LogP contribution < -0.4 is 22.1 Å². The first-order chi connectivity index (χ1) is 10.0. The van der Waals surface area contributed by atoms with Gasteiger partial charge in [0.2, 0.25) is 0 Å². The van der Waals surface area contributed by atoms with E-state index in [1.807, 2.05) is 0 Å². The van der Waals surface area contributed by atoms with E-state index in [1.54, 1.807) is 0 Å². The molecule has 7 nitrogen and oxygen atoms in total. The minimum Gasteiger partial charge on any atom is -0.481 e. The first kappa shape index (κ1) is 22.5. The zero-order valence-corrected chi connectivity index (χ0v) is 13.3. The van der Waals surface area contributed by atoms with Crippen molar-refractivity contribution >= 4 is 5.97 Å². The Morgan fingerprint density at radius 1 is 0.952 bits per heavy atom. The van der Waals surface area contributed by atoms with Gasteiger partial charge >= 0.3 is 5.97 Å². The Morgan fingerprint density at radius 2 is 1.33 bits per heavy atom. The van der Waals surface area contributed by atoms with Crippen LogP contribution in [-0.2, 0) is 4.79 Å². The van der Waals surface area contributed by atoms with Gasteiger partial charge in [-0.2, -0.15) is 0 Å². The summed E-state index contributed by atoms with van der Waals surface area (Å²) in [6, 6.07) is 0. The number of aliphatic carboxylic acids is 1. The number of carboxylic acids is 1.